The first kappa shape index (κ1) is 15.4. The highest BCUT2D eigenvalue weighted by atomic mass is 32.1. The molecular formula is C12H18N2O4S. The van der Waals surface area contributed by atoms with Gasteiger partial charge in [0.1, 0.15) is 0 Å². The molecule has 0 radical (unpaired) electrons. The third-order valence-electron chi connectivity index (χ3n) is 2.56. The van der Waals surface area contributed by atoms with Gasteiger partial charge in [0.25, 0.3) is 0 Å². The largest absolute Gasteiger partial charge is 0.481 e. The van der Waals surface area contributed by atoms with Gasteiger partial charge in [0.15, 0.2) is 5.13 Å². The Balaban J connectivity index is 2.74. The monoisotopic (exact) mass is 286 g/mol. The molecule has 19 heavy (non-hydrogen) atoms. The minimum absolute atomic E-state index is 0.0315. The number of thiazole rings is 1. The summed E-state index contributed by atoms with van der Waals surface area (Å²) >= 11 is 1.42. The summed E-state index contributed by atoms with van der Waals surface area (Å²) in [6, 6.07) is 0. The van der Waals surface area contributed by atoms with E-state index in [1.807, 2.05) is 19.2 Å². The second-order valence-electron chi connectivity index (χ2n) is 4.48. The van der Waals surface area contributed by atoms with Gasteiger partial charge in [-0.3, -0.25) is 9.59 Å². The molecule has 1 rings (SSSR count). The molecule has 0 aliphatic carbocycles. The number of carboxylic acid groups (broad SMARTS) is 2. The van der Waals surface area contributed by atoms with Gasteiger partial charge in [-0.1, -0.05) is 13.8 Å². The Labute approximate surface area is 115 Å². The van der Waals surface area contributed by atoms with Crippen molar-refractivity contribution in [2.75, 3.05) is 18.0 Å². The zero-order valence-corrected chi connectivity index (χ0v) is 11.8. The van der Waals surface area contributed by atoms with Crippen LogP contribution in [0.2, 0.25) is 0 Å². The number of nitrogens with zero attached hydrogens (tertiary/aromatic N) is 2. The summed E-state index contributed by atoms with van der Waals surface area (Å²) < 4.78 is 0. The minimum atomic E-state index is -0.902. The SMILES string of the molecule is CC(C)c1csc(N(CCC(=O)O)CCC(=O)O)n1. The number of hydrogen-bond acceptors (Lipinski definition) is 5. The van der Waals surface area contributed by atoms with Crippen LogP contribution in [0, 0.1) is 0 Å². The normalized spacial score (nSPS) is 10.7. The first-order chi connectivity index (χ1) is 8.90. The molecule has 1 aromatic rings. The highest BCUT2D eigenvalue weighted by Crippen LogP contribution is 2.25. The van der Waals surface area contributed by atoms with E-state index in [4.69, 9.17) is 10.2 Å². The molecule has 106 valence electrons. The Morgan fingerprint density at radius 1 is 1.26 bits per heavy atom. The van der Waals surface area contributed by atoms with Gasteiger partial charge in [-0.05, 0) is 5.92 Å². The van der Waals surface area contributed by atoms with Gasteiger partial charge in [0.2, 0.25) is 0 Å². The summed E-state index contributed by atoms with van der Waals surface area (Å²) in [6.45, 7) is 4.59. The Kier molecular flexibility index (Phi) is 5.75. The molecule has 2 N–H and O–H groups in total. The van der Waals surface area contributed by atoms with Crippen LogP contribution in [0.4, 0.5) is 5.13 Å². The number of aliphatic carboxylic acids is 2. The van der Waals surface area contributed by atoms with Gasteiger partial charge < -0.3 is 15.1 Å². The van der Waals surface area contributed by atoms with Crippen molar-refractivity contribution in [3.63, 3.8) is 0 Å². The predicted molar refractivity (Wildman–Crippen MR) is 72.9 cm³/mol. The number of anilines is 1. The zero-order valence-electron chi connectivity index (χ0n) is 11.0. The molecule has 0 aliphatic rings. The molecule has 7 heteroatoms. The molecule has 6 nitrogen and oxygen atoms in total. The fraction of sp³-hybridized carbons (Fsp3) is 0.583. The van der Waals surface area contributed by atoms with Crippen LogP contribution in [-0.2, 0) is 9.59 Å². The van der Waals surface area contributed by atoms with Crippen LogP contribution in [0.25, 0.3) is 0 Å². The van der Waals surface area contributed by atoms with E-state index in [0.717, 1.165) is 5.69 Å². The molecule has 0 fully saturated rings. The van der Waals surface area contributed by atoms with Crippen molar-refractivity contribution in [3.05, 3.63) is 11.1 Å². The summed E-state index contributed by atoms with van der Waals surface area (Å²) in [4.78, 5) is 27.4. The molecule has 0 amide bonds. The van der Waals surface area contributed by atoms with Crippen LogP contribution in [0.15, 0.2) is 5.38 Å². The van der Waals surface area contributed by atoms with E-state index in [-0.39, 0.29) is 25.9 Å². The van der Waals surface area contributed by atoms with Gasteiger partial charge in [-0.15, -0.1) is 11.3 Å². The van der Waals surface area contributed by atoms with E-state index >= 15 is 0 Å². The van der Waals surface area contributed by atoms with Gasteiger partial charge in [0.05, 0.1) is 18.5 Å². The second kappa shape index (κ2) is 7.08. The molecule has 0 saturated carbocycles. The quantitative estimate of drug-likeness (QED) is 0.759. The average Bonchev–Trinajstić information content (AvgIpc) is 2.77. The van der Waals surface area contributed by atoms with Gasteiger partial charge >= 0.3 is 11.9 Å². The van der Waals surface area contributed by atoms with Crippen LogP contribution in [0.3, 0.4) is 0 Å². The number of hydrogen-bond donors (Lipinski definition) is 2. The molecular weight excluding hydrogens is 268 g/mol. The van der Waals surface area contributed by atoms with Crippen LogP contribution < -0.4 is 4.90 Å². The molecule has 1 aromatic heterocycles. The van der Waals surface area contributed by atoms with Crippen LogP contribution in [0.5, 0.6) is 0 Å². The van der Waals surface area contributed by atoms with Crippen molar-refractivity contribution in [2.24, 2.45) is 0 Å². The van der Waals surface area contributed by atoms with Crippen molar-refractivity contribution in [1.29, 1.82) is 0 Å². The Bertz CT molecular complexity index is 427. The Morgan fingerprint density at radius 3 is 2.16 bits per heavy atom. The summed E-state index contributed by atoms with van der Waals surface area (Å²) in [5, 5.41) is 20.1. The molecule has 0 saturated heterocycles. The summed E-state index contributed by atoms with van der Waals surface area (Å²) in [7, 11) is 0. The summed E-state index contributed by atoms with van der Waals surface area (Å²) in [5.74, 6) is -1.51. The molecule has 0 bridgehead atoms. The summed E-state index contributed by atoms with van der Waals surface area (Å²) in [5.41, 5.74) is 0.940. The molecule has 1 heterocycles. The van der Waals surface area contributed by atoms with E-state index < -0.39 is 11.9 Å². The van der Waals surface area contributed by atoms with Crippen molar-refractivity contribution in [2.45, 2.75) is 32.6 Å². The van der Waals surface area contributed by atoms with Crippen molar-refractivity contribution >= 4 is 28.4 Å². The minimum Gasteiger partial charge on any atom is -0.481 e. The fourth-order valence-electron chi connectivity index (χ4n) is 1.45. The third-order valence-corrected chi connectivity index (χ3v) is 3.48. The number of carbonyl (C=O) groups is 2. The van der Waals surface area contributed by atoms with Crippen molar-refractivity contribution < 1.29 is 19.8 Å². The van der Waals surface area contributed by atoms with Gasteiger partial charge in [0, 0.05) is 18.5 Å². The Morgan fingerprint density at radius 2 is 1.79 bits per heavy atom. The Hall–Kier alpha value is -1.63. The third kappa shape index (κ3) is 5.25. The van der Waals surface area contributed by atoms with Gasteiger partial charge in [-0.25, -0.2) is 4.98 Å². The molecule has 0 aromatic carbocycles. The van der Waals surface area contributed by atoms with Crippen LogP contribution in [-0.4, -0.2) is 40.2 Å². The smallest absolute Gasteiger partial charge is 0.305 e. The average molecular weight is 286 g/mol. The van der Waals surface area contributed by atoms with Crippen molar-refractivity contribution in [1.82, 2.24) is 4.98 Å². The maximum absolute atomic E-state index is 10.6. The molecule has 0 unspecified atom stereocenters. The predicted octanol–water partition coefficient (Wildman–Crippen LogP) is 2.02. The fourth-order valence-corrected chi connectivity index (χ4v) is 2.49. The maximum Gasteiger partial charge on any atom is 0.305 e. The van der Waals surface area contributed by atoms with E-state index in [9.17, 15) is 9.59 Å². The highest BCUT2D eigenvalue weighted by molar-refractivity contribution is 7.13. The lowest BCUT2D eigenvalue weighted by Gasteiger charge is -2.20. The van der Waals surface area contributed by atoms with E-state index in [1.54, 1.807) is 4.90 Å². The lowest BCUT2D eigenvalue weighted by atomic mass is 10.2. The second-order valence-corrected chi connectivity index (χ2v) is 5.32. The lowest BCUT2D eigenvalue weighted by Crippen LogP contribution is -2.28. The number of carboxylic acids is 2. The maximum atomic E-state index is 10.6. The molecule has 0 atom stereocenters. The van der Waals surface area contributed by atoms with Crippen LogP contribution in [0.1, 0.15) is 38.3 Å². The molecule has 0 aliphatic heterocycles. The number of rotatable bonds is 8. The topological polar surface area (TPSA) is 90.7 Å². The lowest BCUT2D eigenvalue weighted by molar-refractivity contribution is -0.137. The standard InChI is InChI=1S/C12H18N2O4S/c1-8(2)9-7-19-12(13-9)14(5-3-10(15)16)6-4-11(17)18/h7-8H,3-6H2,1-2H3,(H,15,16)(H,17,18). The van der Waals surface area contributed by atoms with E-state index in [0.29, 0.717) is 11.0 Å². The first-order valence-corrected chi connectivity index (χ1v) is 6.92. The molecule has 0 spiro atoms. The first-order valence-electron chi connectivity index (χ1n) is 6.04. The van der Waals surface area contributed by atoms with Crippen LogP contribution >= 0.6 is 11.3 Å². The van der Waals surface area contributed by atoms with E-state index in [2.05, 4.69) is 4.98 Å². The highest BCUT2D eigenvalue weighted by Gasteiger charge is 2.15. The number of aromatic nitrogens is 1. The zero-order chi connectivity index (χ0) is 14.4. The van der Waals surface area contributed by atoms with E-state index in [1.165, 1.54) is 11.3 Å². The van der Waals surface area contributed by atoms with Gasteiger partial charge in [-0.2, -0.15) is 0 Å². The van der Waals surface area contributed by atoms with Crippen molar-refractivity contribution in [3.8, 4) is 0 Å². The summed E-state index contributed by atoms with van der Waals surface area (Å²) in [6.07, 6.45) is -0.0631.